The van der Waals surface area contributed by atoms with Gasteiger partial charge in [0.1, 0.15) is 5.82 Å². The summed E-state index contributed by atoms with van der Waals surface area (Å²) >= 11 is 0. The van der Waals surface area contributed by atoms with Gasteiger partial charge >= 0.3 is 0 Å². The van der Waals surface area contributed by atoms with E-state index in [0.29, 0.717) is 6.04 Å². The number of nitrogens with one attached hydrogen (secondary N) is 1. The molecule has 22 heavy (non-hydrogen) atoms. The van der Waals surface area contributed by atoms with Crippen LogP contribution in [0.5, 0.6) is 0 Å². The highest BCUT2D eigenvalue weighted by Gasteiger charge is 2.14. The summed E-state index contributed by atoms with van der Waals surface area (Å²) in [4.78, 5) is 17.0. The topological polar surface area (TPSA) is 46.9 Å². The van der Waals surface area contributed by atoms with Crippen LogP contribution in [0.3, 0.4) is 0 Å². The predicted octanol–water partition coefficient (Wildman–Crippen LogP) is 2.75. The Hall–Kier alpha value is -1.94. The average molecular weight is 297 g/mol. The monoisotopic (exact) mass is 297 g/mol. The van der Waals surface area contributed by atoms with Gasteiger partial charge in [-0.05, 0) is 32.7 Å². The maximum atomic E-state index is 12.4. The lowest BCUT2D eigenvalue weighted by atomic mass is 10.0. The molecule has 1 N–H and O–H groups in total. The minimum absolute atomic E-state index is 0.0437. The van der Waals surface area contributed by atoms with Crippen LogP contribution in [0.25, 0.3) is 11.3 Å². The van der Waals surface area contributed by atoms with Gasteiger partial charge in [-0.25, -0.2) is 4.98 Å². The Morgan fingerprint density at radius 1 is 1.27 bits per heavy atom. The second-order valence-corrected chi connectivity index (χ2v) is 5.98. The van der Waals surface area contributed by atoms with E-state index in [9.17, 15) is 4.79 Å². The molecule has 1 aromatic carbocycles. The Morgan fingerprint density at radius 2 is 2.09 bits per heavy atom. The van der Waals surface area contributed by atoms with Gasteiger partial charge < -0.3 is 5.32 Å². The average Bonchev–Trinajstić information content (AvgIpc) is 2.56. The lowest BCUT2D eigenvalue weighted by Crippen LogP contribution is -2.36. The van der Waals surface area contributed by atoms with Crippen molar-refractivity contribution in [3.63, 3.8) is 0 Å². The summed E-state index contributed by atoms with van der Waals surface area (Å²) in [5.74, 6) is 0.794. The summed E-state index contributed by atoms with van der Waals surface area (Å²) in [6.45, 7) is 3.76. The second kappa shape index (κ2) is 6.88. The summed E-state index contributed by atoms with van der Waals surface area (Å²) in [7, 11) is 0. The molecule has 1 aromatic heterocycles. The van der Waals surface area contributed by atoms with Crippen LogP contribution in [-0.4, -0.2) is 22.1 Å². The molecule has 2 aromatic rings. The summed E-state index contributed by atoms with van der Waals surface area (Å²) in [5, 5.41) is 3.53. The van der Waals surface area contributed by atoms with E-state index < -0.39 is 0 Å². The standard InChI is InChI=1S/C18H23N3O/c1-14-20-17(15-7-3-2-4-8-15)13-18(22)21(14)12-10-16-9-5-6-11-19-16/h2-4,7-8,13,16,19H,5-6,9-12H2,1H3. The molecule has 0 bridgehead atoms. The molecular formula is C18H23N3O. The second-order valence-electron chi connectivity index (χ2n) is 5.98. The molecule has 0 amide bonds. The van der Waals surface area contributed by atoms with Crippen LogP contribution in [0.2, 0.25) is 0 Å². The highest BCUT2D eigenvalue weighted by Crippen LogP contribution is 2.15. The van der Waals surface area contributed by atoms with Crippen LogP contribution in [0.1, 0.15) is 31.5 Å². The van der Waals surface area contributed by atoms with Gasteiger partial charge in [0.25, 0.3) is 5.56 Å². The zero-order chi connectivity index (χ0) is 15.4. The molecule has 0 spiro atoms. The lowest BCUT2D eigenvalue weighted by molar-refractivity contribution is 0.363. The number of benzene rings is 1. The van der Waals surface area contributed by atoms with Gasteiger partial charge in [0.05, 0.1) is 5.69 Å². The first-order valence-electron chi connectivity index (χ1n) is 8.11. The van der Waals surface area contributed by atoms with Gasteiger partial charge in [-0.2, -0.15) is 0 Å². The van der Waals surface area contributed by atoms with E-state index in [-0.39, 0.29) is 5.56 Å². The molecular weight excluding hydrogens is 274 g/mol. The Balaban J connectivity index is 1.76. The smallest absolute Gasteiger partial charge is 0.254 e. The Labute approximate surface area is 131 Å². The molecule has 1 aliphatic heterocycles. The number of rotatable bonds is 4. The third kappa shape index (κ3) is 3.45. The first-order chi connectivity index (χ1) is 10.7. The molecule has 1 fully saturated rings. The molecule has 3 rings (SSSR count). The van der Waals surface area contributed by atoms with Gasteiger partial charge in [-0.15, -0.1) is 0 Å². The van der Waals surface area contributed by atoms with Crippen molar-refractivity contribution in [1.82, 2.24) is 14.9 Å². The number of piperidine rings is 1. The van der Waals surface area contributed by atoms with E-state index in [4.69, 9.17) is 0 Å². The van der Waals surface area contributed by atoms with Crippen LogP contribution < -0.4 is 10.9 Å². The van der Waals surface area contributed by atoms with E-state index in [1.807, 2.05) is 37.3 Å². The third-order valence-corrected chi connectivity index (χ3v) is 4.38. The third-order valence-electron chi connectivity index (χ3n) is 4.38. The summed E-state index contributed by atoms with van der Waals surface area (Å²) < 4.78 is 1.79. The number of aromatic nitrogens is 2. The maximum absolute atomic E-state index is 12.4. The SMILES string of the molecule is Cc1nc(-c2ccccc2)cc(=O)n1CCC1CCCCN1. The van der Waals surface area contributed by atoms with Gasteiger partial charge in [0, 0.05) is 24.2 Å². The maximum Gasteiger partial charge on any atom is 0.254 e. The largest absolute Gasteiger partial charge is 0.314 e. The van der Waals surface area contributed by atoms with Crippen molar-refractivity contribution in [1.29, 1.82) is 0 Å². The van der Waals surface area contributed by atoms with E-state index in [0.717, 1.165) is 36.6 Å². The number of hydrogen-bond donors (Lipinski definition) is 1. The number of nitrogens with zero attached hydrogens (tertiary/aromatic N) is 2. The van der Waals surface area contributed by atoms with E-state index in [1.54, 1.807) is 10.6 Å². The van der Waals surface area contributed by atoms with Crippen LogP contribution in [0.4, 0.5) is 0 Å². The molecule has 1 unspecified atom stereocenters. The van der Waals surface area contributed by atoms with E-state index in [2.05, 4.69) is 10.3 Å². The fourth-order valence-corrected chi connectivity index (χ4v) is 3.11. The Morgan fingerprint density at radius 3 is 2.77 bits per heavy atom. The number of hydrogen-bond acceptors (Lipinski definition) is 3. The van der Waals surface area contributed by atoms with Crippen molar-refractivity contribution in [2.75, 3.05) is 6.54 Å². The summed E-state index contributed by atoms with van der Waals surface area (Å²) in [6, 6.07) is 12.0. The molecule has 0 aliphatic carbocycles. The first kappa shape index (κ1) is 15.0. The molecule has 0 saturated carbocycles. The van der Waals surface area contributed by atoms with Crippen molar-refractivity contribution in [2.24, 2.45) is 0 Å². The fraction of sp³-hybridized carbons (Fsp3) is 0.444. The van der Waals surface area contributed by atoms with E-state index in [1.165, 1.54) is 19.3 Å². The minimum Gasteiger partial charge on any atom is -0.314 e. The minimum atomic E-state index is 0.0437. The number of aryl methyl sites for hydroxylation is 1. The van der Waals surface area contributed by atoms with Gasteiger partial charge in [-0.3, -0.25) is 9.36 Å². The van der Waals surface area contributed by atoms with Crippen molar-refractivity contribution in [3.05, 3.63) is 52.6 Å². The van der Waals surface area contributed by atoms with Crippen molar-refractivity contribution in [3.8, 4) is 11.3 Å². The Kier molecular flexibility index (Phi) is 4.68. The Bertz CT molecular complexity index is 672. The molecule has 1 saturated heterocycles. The lowest BCUT2D eigenvalue weighted by Gasteiger charge is -2.24. The molecule has 116 valence electrons. The van der Waals surface area contributed by atoms with Gasteiger partial charge in [-0.1, -0.05) is 36.8 Å². The summed E-state index contributed by atoms with van der Waals surface area (Å²) in [5.41, 5.74) is 1.79. The first-order valence-corrected chi connectivity index (χ1v) is 8.11. The molecule has 1 atom stereocenters. The molecule has 0 radical (unpaired) electrons. The van der Waals surface area contributed by atoms with Crippen LogP contribution >= 0.6 is 0 Å². The van der Waals surface area contributed by atoms with Gasteiger partial charge in [0.15, 0.2) is 0 Å². The predicted molar refractivity (Wildman–Crippen MR) is 88.9 cm³/mol. The molecule has 4 nitrogen and oxygen atoms in total. The normalized spacial score (nSPS) is 18.3. The fourth-order valence-electron chi connectivity index (χ4n) is 3.11. The van der Waals surface area contributed by atoms with Crippen molar-refractivity contribution >= 4 is 0 Å². The molecule has 4 heteroatoms. The van der Waals surface area contributed by atoms with Gasteiger partial charge in [0.2, 0.25) is 0 Å². The highest BCUT2D eigenvalue weighted by molar-refractivity contribution is 5.58. The van der Waals surface area contributed by atoms with Crippen LogP contribution in [0, 0.1) is 6.92 Å². The van der Waals surface area contributed by atoms with Crippen molar-refractivity contribution < 1.29 is 0 Å². The summed E-state index contributed by atoms with van der Waals surface area (Å²) in [6.07, 6.45) is 4.76. The highest BCUT2D eigenvalue weighted by atomic mass is 16.1. The van der Waals surface area contributed by atoms with Crippen LogP contribution in [-0.2, 0) is 6.54 Å². The quantitative estimate of drug-likeness (QED) is 0.944. The molecule has 2 heterocycles. The zero-order valence-corrected chi connectivity index (χ0v) is 13.1. The van der Waals surface area contributed by atoms with Crippen molar-refractivity contribution in [2.45, 2.75) is 45.2 Å². The van der Waals surface area contributed by atoms with Crippen LogP contribution in [0.15, 0.2) is 41.2 Å². The zero-order valence-electron chi connectivity index (χ0n) is 13.1. The molecule has 1 aliphatic rings. The van der Waals surface area contributed by atoms with E-state index >= 15 is 0 Å².